The van der Waals surface area contributed by atoms with Crippen molar-refractivity contribution in [3.05, 3.63) is 59.3 Å². The second-order valence-electron chi connectivity index (χ2n) is 5.40. The quantitative estimate of drug-likeness (QED) is 0.777. The van der Waals surface area contributed by atoms with Crippen LogP contribution in [0.2, 0.25) is 0 Å². The van der Waals surface area contributed by atoms with E-state index in [1.54, 1.807) is 12.1 Å². The molecule has 6 heteroatoms. The number of amides is 2. The Morgan fingerprint density at radius 1 is 1.26 bits per heavy atom. The number of nitrogens with one attached hydrogen (secondary N) is 2. The molecule has 0 fully saturated rings. The molecule has 0 bridgehead atoms. The van der Waals surface area contributed by atoms with Crippen LogP contribution in [0.1, 0.15) is 21.6 Å². The number of hydrogen-bond acceptors (Lipinski definition) is 4. The zero-order valence-corrected chi connectivity index (χ0v) is 12.1. The second-order valence-corrected chi connectivity index (χ2v) is 5.40. The lowest BCUT2D eigenvalue weighted by atomic mass is 10.1. The Morgan fingerprint density at radius 3 is 3.04 bits per heavy atom. The molecule has 6 nitrogen and oxygen atoms in total. The molecule has 0 aliphatic carbocycles. The largest absolute Gasteiger partial charge is 0.356 e. The molecule has 3 aromatic rings. The minimum atomic E-state index is -0.206. The van der Waals surface area contributed by atoms with Gasteiger partial charge >= 0.3 is 0 Å². The topological polar surface area (TPSA) is 84.2 Å². The maximum Gasteiger partial charge on any atom is 0.251 e. The number of carbonyl (C=O) groups excluding carboxylic acids is 2. The number of rotatable bonds is 3. The Hall–Kier alpha value is -3.15. The zero-order chi connectivity index (χ0) is 15.8. The number of aromatic nitrogens is 1. The van der Waals surface area contributed by atoms with Crippen LogP contribution in [0.15, 0.2) is 47.0 Å². The molecule has 0 saturated heterocycles. The van der Waals surface area contributed by atoms with E-state index in [4.69, 9.17) is 4.52 Å². The van der Waals surface area contributed by atoms with Crippen molar-refractivity contribution in [3.8, 4) is 0 Å². The van der Waals surface area contributed by atoms with Gasteiger partial charge in [-0.25, -0.2) is 0 Å². The van der Waals surface area contributed by atoms with Gasteiger partial charge in [-0.15, -0.1) is 0 Å². The van der Waals surface area contributed by atoms with Gasteiger partial charge in [-0.1, -0.05) is 23.4 Å². The number of nitrogens with zero attached hydrogens (tertiary/aromatic N) is 1. The van der Waals surface area contributed by atoms with E-state index in [0.29, 0.717) is 29.1 Å². The van der Waals surface area contributed by atoms with Crippen molar-refractivity contribution in [1.29, 1.82) is 0 Å². The molecule has 1 aliphatic heterocycles. The van der Waals surface area contributed by atoms with Gasteiger partial charge in [0.1, 0.15) is 5.69 Å². The maximum atomic E-state index is 12.2. The molecule has 23 heavy (non-hydrogen) atoms. The standard InChI is InChI=1S/C17H13N3O3/c21-16(8-14-12-3-1-2-4-15(12)23-20-14)19-11-6-5-10-9-18-17(22)13(10)7-11/h1-7H,8-9H2,(H,18,22)(H,19,21). The lowest BCUT2D eigenvalue weighted by Crippen LogP contribution is -2.15. The average Bonchev–Trinajstić information content (AvgIpc) is 3.12. The molecular formula is C17H13N3O3. The van der Waals surface area contributed by atoms with Gasteiger partial charge in [0.05, 0.1) is 6.42 Å². The molecule has 2 amide bonds. The highest BCUT2D eigenvalue weighted by Crippen LogP contribution is 2.21. The van der Waals surface area contributed by atoms with Crippen molar-refractivity contribution in [2.45, 2.75) is 13.0 Å². The monoisotopic (exact) mass is 307 g/mol. The minimum absolute atomic E-state index is 0.111. The Bertz CT molecular complexity index is 930. The van der Waals surface area contributed by atoms with Crippen molar-refractivity contribution in [2.24, 2.45) is 0 Å². The number of anilines is 1. The predicted octanol–water partition coefficient (Wildman–Crippen LogP) is 2.25. The predicted molar refractivity (Wildman–Crippen MR) is 84.0 cm³/mol. The smallest absolute Gasteiger partial charge is 0.251 e. The first-order valence-corrected chi connectivity index (χ1v) is 7.25. The first-order valence-electron chi connectivity index (χ1n) is 7.25. The Labute approximate surface area is 131 Å². The van der Waals surface area contributed by atoms with E-state index in [0.717, 1.165) is 10.9 Å². The molecule has 0 spiro atoms. The molecular weight excluding hydrogens is 294 g/mol. The Morgan fingerprint density at radius 2 is 2.13 bits per heavy atom. The van der Waals surface area contributed by atoms with Gasteiger partial charge in [0.2, 0.25) is 5.91 Å². The fraction of sp³-hybridized carbons (Fsp3) is 0.118. The molecule has 4 rings (SSSR count). The van der Waals surface area contributed by atoms with E-state index < -0.39 is 0 Å². The first kappa shape index (κ1) is 13.5. The van der Waals surface area contributed by atoms with Gasteiger partial charge in [-0.3, -0.25) is 9.59 Å². The SMILES string of the molecule is O=C(Cc1noc2ccccc12)Nc1ccc2c(c1)C(=O)NC2. The summed E-state index contributed by atoms with van der Waals surface area (Å²) in [6.07, 6.45) is 0.111. The molecule has 0 atom stereocenters. The molecule has 0 radical (unpaired) electrons. The van der Waals surface area contributed by atoms with Crippen LogP contribution >= 0.6 is 0 Å². The van der Waals surface area contributed by atoms with Crippen LogP contribution in [-0.4, -0.2) is 17.0 Å². The van der Waals surface area contributed by atoms with E-state index in [1.165, 1.54) is 0 Å². The number of carbonyl (C=O) groups is 2. The van der Waals surface area contributed by atoms with E-state index in [9.17, 15) is 9.59 Å². The van der Waals surface area contributed by atoms with Gasteiger partial charge in [0.15, 0.2) is 5.58 Å². The van der Waals surface area contributed by atoms with Gasteiger partial charge in [0, 0.05) is 23.2 Å². The average molecular weight is 307 g/mol. The van der Waals surface area contributed by atoms with Crippen LogP contribution < -0.4 is 10.6 Å². The van der Waals surface area contributed by atoms with Crippen LogP contribution in [0.5, 0.6) is 0 Å². The highest BCUT2D eigenvalue weighted by molar-refractivity contribution is 6.01. The molecule has 0 unspecified atom stereocenters. The number of benzene rings is 2. The van der Waals surface area contributed by atoms with Gasteiger partial charge in [-0.2, -0.15) is 0 Å². The molecule has 2 N–H and O–H groups in total. The number of fused-ring (bicyclic) bond motifs is 2. The Kier molecular flexibility index (Phi) is 3.08. The highest BCUT2D eigenvalue weighted by atomic mass is 16.5. The first-order chi connectivity index (χ1) is 11.2. The van der Waals surface area contributed by atoms with Crippen LogP contribution in [0.3, 0.4) is 0 Å². The molecule has 2 aromatic carbocycles. The maximum absolute atomic E-state index is 12.2. The van der Waals surface area contributed by atoms with E-state index >= 15 is 0 Å². The fourth-order valence-electron chi connectivity index (χ4n) is 2.71. The summed E-state index contributed by atoms with van der Waals surface area (Å²) in [5.74, 6) is -0.319. The molecule has 1 aromatic heterocycles. The highest BCUT2D eigenvalue weighted by Gasteiger charge is 2.19. The number of hydrogen-bond donors (Lipinski definition) is 2. The summed E-state index contributed by atoms with van der Waals surface area (Å²) in [6, 6.07) is 12.7. The summed E-state index contributed by atoms with van der Waals surface area (Å²) < 4.78 is 5.19. The van der Waals surface area contributed by atoms with Crippen molar-refractivity contribution >= 4 is 28.5 Å². The van der Waals surface area contributed by atoms with Crippen LogP contribution in [0, 0.1) is 0 Å². The van der Waals surface area contributed by atoms with Gasteiger partial charge in [-0.05, 0) is 29.8 Å². The third kappa shape index (κ3) is 2.44. The van der Waals surface area contributed by atoms with Gasteiger partial charge in [0.25, 0.3) is 5.91 Å². The summed E-state index contributed by atoms with van der Waals surface area (Å²) >= 11 is 0. The van der Waals surface area contributed by atoms with Crippen molar-refractivity contribution in [1.82, 2.24) is 10.5 Å². The third-order valence-corrected chi connectivity index (χ3v) is 3.86. The van der Waals surface area contributed by atoms with E-state index in [-0.39, 0.29) is 18.2 Å². The van der Waals surface area contributed by atoms with Crippen LogP contribution in [0.4, 0.5) is 5.69 Å². The fourth-order valence-corrected chi connectivity index (χ4v) is 2.71. The lowest BCUT2D eigenvalue weighted by Gasteiger charge is -2.05. The van der Waals surface area contributed by atoms with Crippen molar-refractivity contribution < 1.29 is 14.1 Å². The number of para-hydroxylation sites is 1. The molecule has 114 valence electrons. The normalized spacial score (nSPS) is 13.0. The van der Waals surface area contributed by atoms with Crippen molar-refractivity contribution in [3.63, 3.8) is 0 Å². The zero-order valence-electron chi connectivity index (χ0n) is 12.1. The van der Waals surface area contributed by atoms with E-state index in [2.05, 4.69) is 15.8 Å². The second kappa shape index (κ2) is 5.24. The summed E-state index contributed by atoms with van der Waals surface area (Å²) in [7, 11) is 0. The summed E-state index contributed by atoms with van der Waals surface area (Å²) in [5.41, 5.74) is 3.39. The summed E-state index contributed by atoms with van der Waals surface area (Å²) in [6.45, 7) is 0.535. The minimum Gasteiger partial charge on any atom is -0.356 e. The summed E-state index contributed by atoms with van der Waals surface area (Å²) in [5, 5.41) is 10.3. The lowest BCUT2D eigenvalue weighted by molar-refractivity contribution is -0.115. The van der Waals surface area contributed by atoms with Gasteiger partial charge < -0.3 is 15.2 Å². The summed E-state index contributed by atoms with van der Waals surface area (Å²) in [4.78, 5) is 23.9. The van der Waals surface area contributed by atoms with Crippen LogP contribution in [0.25, 0.3) is 11.0 Å². The van der Waals surface area contributed by atoms with E-state index in [1.807, 2.05) is 30.3 Å². The molecule has 2 heterocycles. The van der Waals surface area contributed by atoms with Crippen molar-refractivity contribution in [2.75, 3.05) is 5.32 Å². The Balaban J connectivity index is 1.52. The molecule has 0 saturated carbocycles. The van der Waals surface area contributed by atoms with Crippen LogP contribution in [-0.2, 0) is 17.8 Å². The molecule has 1 aliphatic rings. The third-order valence-electron chi connectivity index (χ3n) is 3.86.